The van der Waals surface area contributed by atoms with Crippen LogP contribution < -0.4 is 5.73 Å². The van der Waals surface area contributed by atoms with E-state index in [1.807, 2.05) is 30.3 Å². The van der Waals surface area contributed by atoms with Crippen LogP contribution in [0, 0.1) is 5.82 Å². The van der Waals surface area contributed by atoms with E-state index in [2.05, 4.69) is 0 Å². The molecule has 0 saturated heterocycles. The molecule has 1 atom stereocenters. The zero-order valence-electron chi connectivity index (χ0n) is 9.94. The van der Waals surface area contributed by atoms with E-state index in [1.165, 1.54) is 6.07 Å². The van der Waals surface area contributed by atoms with Crippen molar-refractivity contribution in [2.24, 2.45) is 5.73 Å². The van der Waals surface area contributed by atoms with Crippen LogP contribution in [0.3, 0.4) is 0 Å². The molecule has 0 heterocycles. The third-order valence-corrected chi connectivity index (χ3v) is 3.20. The van der Waals surface area contributed by atoms with E-state index in [1.54, 1.807) is 12.1 Å². The molecular weight excluding hydrogens is 249 g/mol. The van der Waals surface area contributed by atoms with Gasteiger partial charge < -0.3 is 5.73 Å². The maximum atomic E-state index is 13.5. The molecule has 0 aromatic heterocycles. The van der Waals surface area contributed by atoms with E-state index >= 15 is 0 Å². The smallest absolute Gasteiger partial charge is 0.126 e. The molecule has 0 aliphatic heterocycles. The molecule has 0 aliphatic rings. The Kier molecular flexibility index (Phi) is 4.34. The van der Waals surface area contributed by atoms with Crippen molar-refractivity contribution in [3.63, 3.8) is 0 Å². The van der Waals surface area contributed by atoms with Gasteiger partial charge in [-0.15, -0.1) is 0 Å². The summed E-state index contributed by atoms with van der Waals surface area (Å²) in [6.07, 6.45) is 1.28. The molecule has 1 unspecified atom stereocenters. The van der Waals surface area contributed by atoms with Crippen molar-refractivity contribution in [3.8, 4) is 0 Å². The van der Waals surface area contributed by atoms with Gasteiger partial charge in [-0.2, -0.15) is 0 Å². The SMILES string of the molecule is NC(CCc1cc(Cl)ccc1F)c1ccccc1. The van der Waals surface area contributed by atoms with Crippen LogP contribution in [0.15, 0.2) is 48.5 Å². The molecule has 94 valence electrons. The fraction of sp³-hybridized carbons (Fsp3) is 0.200. The average molecular weight is 264 g/mol. The second kappa shape index (κ2) is 5.98. The minimum absolute atomic E-state index is 0.0791. The first-order valence-electron chi connectivity index (χ1n) is 5.91. The highest BCUT2D eigenvalue weighted by molar-refractivity contribution is 6.30. The van der Waals surface area contributed by atoms with Gasteiger partial charge in [0.1, 0.15) is 5.82 Å². The van der Waals surface area contributed by atoms with Gasteiger partial charge in [0.15, 0.2) is 0 Å². The van der Waals surface area contributed by atoms with E-state index in [0.29, 0.717) is 23.4 Å². The van der Waals surface area contributed by atoms with Gasteiger partial charge >= 0.3 is 0 Å². The predicted octanol–water partition coefficient (Wildman–Crippen LogP) is 4.11. The number of rotatable bonds is 4. The normalized spacial score (nSPS) is 12.4. The number of hydrogen-bond acceptors (Lipinski definition) is 1. The summed E-state index contributed by atoms with van der Waals surface area (Å²) in [6, 6.07) is 14.4. The van der Waals surface area contributed by atoms with Crippen LogP contribution in [-0.2, 0) is 6.42 Å². The summed E-state index contributed by atoms with van der Waals surface area (Å²) in [5.74, 6) is -0.223. The van der Waals surface area contributed by atoms with Gasteiger partial charge in [0.25, 0.3) is 0 Å². The lowest BCUT2D eigenvalue weighted by Crippen LogP contribution is -2.11. The summed E-state index contributed by atoms with van der Waals surface area (Å²) < 4.78 is 13.5. The minimum Gasteiger partial charge on any atom is -0.324 e. The molecule has 0 amide bonds. The van der Waals surface area contributed by atoms with Crippen LogP contribution >= 0.6 is 11.6 Å². The van der Waals surface area contributed by atoms with Gasteiger partial charge in [-0.1, -0.05) is 41.9 Å². The van der Waals surface area contributed by atoms with E-state index in [0.717, 1.165) is 5.56 Å². The lowest BCUT2D eigenvalue weighted by molar-refractivity contribution is 0.586. The van der Waals surface area contributed by atoms with Crippen LogP contribution in [0.4, 0.5) is 4.39 Å². The Morgan fingerprint density at radius 3 is 2.56 bits per heavy atom. The van der Waals surface area contributed by atoms with Gasteiger partial charge in [-0.3, -0.25) is 0 Å². The van der Waals surface area contributed by atoms with Crippen molar-refractivity contribution in [2.75, 3.05) is 0 Å². The topological polar surface area (TPSA) is 26.0 Å². The Balaban J connectivity index is 2.01. The van der Waals surface area contributed by atoms with Crippen molar-refractivity contribution in [1.29, 1.82) is 0 Å². The maximum Gasteiger partial charge on any atom is 0.126 e. The van der Waals surface area contributed by atoms with Crippen molar-refractivity contribution in [2.45, 2.75) is 18.9 Å². The molecule has 3 heteroatoms. The van der Waals surface area contributed by atoms with Crippen LogP contribution in [-0.4, -0.2) is 0 Å². The maximum absolute atomic E-state index is 13.5. The number of hydrogen-bond donors (Lipinski definition) is 1. The standard InChI is InChI=1S/C15H15ClFN/c16-13-7-8-14(17)12(10-13)6-9-15(18)11-4-2-1-3-5-11/h1-5,7-8,10,15H,6,9,18H2. The van der Waals surface area contributed by atoms with Crippen molar-refractivity contribution in [3.05, 3.63) is 70.5 Å². The number of nitrogens with two attached hydrogens (primary N) is 1. The summed E-state index contributed by atoms with van der Waals surface area (Å²) in [6.45, 7) is 0. The zero-order valence-corrected chi connectivity index (χ0v) is 10.7. The fourth-order valence-corrected chi connectivity index (χ4v) is 2.11. The summed E-state index contributed by atoms with van der Waals surface area (Å²) in [7, 11) is 0. The second-order valence-corrected chi connectivity index (χ2v) is 4.73. The number of aryl methyl sites for hydroxylation is 1. The zero-order chi connectivity index (χ0) is 13.0. The van der Waals surface area contributed by atoms with Crippen LogP contribution in [0.1, 0.15) is 23.6 Å². The molecule has 2 aromatic carbocycles. The molecule has 2 rings (SSSR count). The summed E-state index contributed by atoms with van der Waals surface area (Å²) in [5.41, 5.74) is 7.76. The van der Waals surface area contributed by atoms with E-state index in [-0.39, 0.29) is 11.9 Å². The van der Waals surface area contributed by atoms with E-state index in [9.17, 15) is 4.39 Å². The van der Waals surface area contributed by atoms with Crippen molar-refractivity contribution >= 4 is 11.6 Å². The molecule has 0 bridgehead atoms. The fourth-order valence-electron chi connectivity index (χ4n) is 1.91. The molecule has 0 aliphatic carbocycles. The molecule has 0 fully saturated rings. The first-order chi connectivity index (χ1) is 8.66. The predicted molar refractivity (Wildman–Crippen MR) is 73.1 cm³/mol. The van der Waals surface area contributed by atoms with Crippen molar-refractivity contribution in [1.82, 2.24) is 0 Å². The summed E-state index contributed by atoms with van der Waals surface area (Å²) >= 11 is 5.85. The molecule has 1 nitrogen and oxygen atoms in total. The molecule has 0 radical (unpaired) electrons. The van der Waals surface area contributed by atoms with Gasteiger partial charge in [-0.25, -0.2) is 4.39 Å². The Bertz CT molecular complexity index is 513. The van der Waals surface area contributed by atoms with Crippen LogP contribution in [0.25, 0.3) is 0 Å². The van der Waals surface area contributed by atoms with Gasteiger partial charge in [-0.05, 0) is 42.2 Å². The van der Waals surface area contributed by atoms with Crippen LogP contribution in [0.2, 0.25) is 5.02 Å². The van der Waals surface area contributed by atoms with Crippen LogP contribution in [0.5, 0.6) is 0 Å². The lowest BCUT2D eigenvalue weighted by Gasteiger charge is -2.12. The number of halogens is 2. The third kappa shape index (κ3) is 3.31. The molecule has 18 heavy (non-hydrogen) atoms. The Hall–Kier alpha value is -1.38. The van der Waals surface area contributed by atoms with Gasteiger partial charge in [0.2, 0.25) is 0 Å². The largest absolute Gasteiger partial charge is 0.324 e. The first kappa shape index (κ1) is 13.1. The number of benzene rings is 2. The minimum atomic E-state index is -0.223. The highest BCUT2D eigenvalue weighted by Crippen LogP contribution is 2.20. The highest BCUT2D eigenvalue weighted by atomic mass is 35.5. The highest BCUT2D eigenvalue weighted by Gasteiger charge is 2.08. The third-order valence-electron chi connectivity index (χ3n) is 2.96. The monoisotopic (exact) mass is 263 g/mol. The molecule has 2 aromatic rings. The molecule has 0 spiro atoms. The lowest BCUT2D eigenvalue weighted by atomic mass is 9.99. The van der Waals surface area contributed by atoms with Crippen molar-refractivity contribution < 1.29 is 4.39 Å². The van der Waals surface area contributed by atoms with E-state index < -0.39 is 0 Å². The Morgan fingerprint density at radius 2 is 1.83 bits per heavy atom. The molecule has 0 saturated carbocycles. The average Bonchev–Trinajstić information content (AvgIpc) is 2.40. The Labute approximate surface area is 111 Å². The summed E-state index contributed by atoms with van der Waals surface area (Å²) in [5, 5.41) is 0.555. The quantitative estimate of drug-likeness (QED) is 0.883. The van der Waals surface area contributed by atoms with E-state index in [4.69, 9.17) is 17.3 Å². The second-order valence-electron chi connectivity index (χ2n) is 4.29. The molecule has 2 N–H and O–H groups in total. The first-order valence-corrected chi connectivity index (χ1v) is 6.29. The van der Waals surface area contributed by atoms with Gasteiger partial charge in [0.05, 0.1) is 0 Å². The molecular formula is C15H15ClFN. The summed E-state index contributed by atoms with van der Waals surface area (Å²) in [4.78, 5) is 0. The van der Waals surface area contributed by atoms with Gasteiger partial charge in [0, 0.05) is 11.1 Å². The Morgan fingerprint density at radius 1 is 1.11 bits per heavy atom.